The number of allylic oxidation sites excluding steroid dienone is 1. The summed E-state index contributed by atoms with van der Waals surface area (Å²) in [4.78, 5) is 10.5. The number of rotatable bonds is 0. The molecule has 74 valence electrons. The molecule has 0 aliphatic carbocycles. The van der Waals surface area contributed by atoms with Gasteiger partial charge in [-0.25, -0.2) is 9.98 Å². The molecule has 0 spiro atoms. The molecule has 1 aromatic rings. The average Bonchev–Trinajstić information content (AvgIpc) is 2.48. The second-order valence-corrected chi connectivity index (χ2v) is 3.24. The van der Waals surface area contributed by atoms with E-state index in [4.69, 9.17) is 4.74 Å². The van der Waals surface area contributed by atoms with Gasteiger partial charge in [0.2, 0.25) is 5.96 Å². The van der Waals surface area contributed by atoms with Gasteiger partial charge in [0.1, 0.15) is 11.4 Å². The van der Waals surface area contributed by atoms with Gasteiger partial charge in [0.15, 0.2) is 6.73 Å². The van der Waals surface area contributed by atoms with Crippen LogP contribution in [0.2, 0.25) is 0 Å². The van der Waals surface area contributed by atoms with Crippen molar-refractivity contribution < 1.29 is 4.74 Å². The summed E-state index contributed by atoms with van der Waals surface area (Å²) < 4.78 is 5.60. The zero-order valence-corrected chi connectivity index (χ0v) is 8.00. The molecular formula is C11H9N3O. The highest BCUT2D eigenvalue weighted by Gasteiger charge is 2.16. The highest BCUT2D eigenvalue weighted by atomic mass is 16.5. The van der Waals surface area contributed by atoms with E-state index in [-0.39, 0.29) is 0 Å². The van der Waals surface area contributed by atoms with Gasteiger partial charge in [0.05, 0.1) is 0 Å². The van der Waals surface area contributed by atoms with Crippen molar-refractivity contribution in [1.29, 1.82) is 0 Å². The van der Waals surface area contributed by atoms with Gasteiger partial charge >= 0.3 is 0 Å². The molecule has 15 heavy (non-hydrogen) atoms. The van der Waals surface area contributed by atoms with Crippen LogP contribution in [0.1, 0.15) is 0 Å². The van der Waals surface area contributed by atoms with E-state index in [1.807, 2.05) is 41.4 Å². The zero-order valence-electron chi connectivity index (χ0n) is 8.00. The van der Waals surface area contributed by atoms with E-state index in [0.717, 1.165) is 11.4 Å². The van der Waals surface area contributed by atoms with Gasteiger partial charge in [-0.15, -0.1) is 0 Å². The van der Waals surface area contributed by atoms with Crippen LogP contribution in [0.3, 0.4) is 0 Å². The lowest BCUT2D eigenvalue weighted by Gasteiger charge is -2.18. The molecule has 4 heteroatoms. The minimum Gasteiger partial charge on any atom is -0.470 e. The number of nitrogens with zero attached hydrogens (tertiary/aromatic N) is 3. The normalized spacial score (nSPS) is 17.3. The predicted molar refractivity (Wildman–Crippen MR) is 58.5 cm³/mol. The Bertz CT molecular complexity index is 476. The first-order valence-electron chi connectivity index (χ1n) is 4.71. The van der Waals surface area contributed by atoms with Gasteiger partial charge in [-0.3, -0.25) is 4.90 Å². The maximum absolute atomic E-state index is 5.60. The number of fused-ring (bicyclic) bond motifs is 2. The van der Waals surface area contributed by atoms with Crippen LogP contribution in [-0.4, -0.2) is 23.8 Å². The summed E-state index contributed by atoms with van der Waals surface area (Å²) in [6.07, 6.45) is 5.49. The quantitative estimate of drug-likeness (QED) is 0.640. The van der Waals surface area contributed by atoms with E-state index in [2.05, 4.69) is 9.98 Å². The summed E-state index contributed by atoms with van der Waals surface area (Å²) in [6.45, 7) is 0.448. The van der Waals surface area contributed by atoms with Gasteiger partial charge < -0.3 is 4.74 Å². The molecule has 0 saturated carbocycles. The van der Waals surface area contributed by atoms with Gasteiger partial charge in [0, 0.05) is 12.4 Å². The first-order valence-corrected chi connectivity index (χ1v) is 4.71. The summed E-state index contributed by atoms with van der Waals surface area (Å²) in [6, 6.07) is 7.69. The molecule has 0 aromatic heterocycles. The smallest absolute Gasteiger partial charge is 0.232 e. The first-order chi connectivity index (χ1) is 7.43. The van der Waals surface area contributed by atoms with Gasteiger partial charge in [-0.05, 0) is 18.2 Å². The SMILES string of the molecule is C1=CN2COc3ccccc3N=C2N=C1. The van der Waals surface area contributed by atoms with E-state index in [9.17, 15) is 0 Å². The van der Waals surface area contributed by atoms with Crippen LogP contribution in [0.5, 0.6) is 5.75 Å². The van der Waals surface area contributed by atoms with Gasteiger partial charge in [0.25, 0.3) is 0 Å². The third-order valence-electron chi connectivity index (χ3n) is 2.24. The van der Waals surface area contributed by atoms with E-state index in [1.54, 1.807) is 6.21 Å². The number of hydrogen-bond acceptors (Lipinski definition) is 4. The average molecular weight is 199 g/mol. The van der Waals surface area contributed by atoms with Crippen LogP contribution in [0, 0.1) is 0 Å². The lowest BCUT2D eigenvalue weighted by atomic mass is 10.3. The van der Waals surface area contributed by atoms with E-state index >= 15 is 0 Å². The summed E-state index contributed by atoms with van der Waals surface area (Å²) in [5, 5.41) is 0. The monoisotopic (exact) mass is 199 g/mol. The summed E-state index contributed by atoms with van der Waals surface area (Å²) in [5.74, 6) is 1.46. The Kier molecular flexibility index (Phi) is 1.78. The van der Waals surface area contributed by atoms with Gasteiger partial charge in [-0.1, -0.05) is 12.1 Å². The molecule has 2 heterocycles. The topological polar surface area (TPSA) is 37.2 Å². The molecule has 2 aliphatic rings. The van der Waals surface area contributed by atoms with Gasteiger partial charge in [-0.2, -0.15) is 0 Å². The van der Waals surface area contributed by atoms with Crippen LogP contribution in [-0.2, 0) is 0 Å². The van der Waals surface area contributed by atoms with Crippen molar-refractivity contribution in [2.45, 2.75) is 0 Å². The second-order valence-electron chi connectivity index (χ2n) is 3.24. The van der Waals surface area contributed by atoms with Crippen molar-refractivity contribution in [3.05, 3.63) is 36.5 Å². The maximum atomic E-state index is 5.60. The Morgan fingerprint density at radius 2 is 2.20 bits per heavy atom. The van der Waals surface area contributed by atoms with Crippen LogP contribution in [0.4, 0.5) is 5.69 Å². The lowest BCUT2D eigenvalue weighted by molar-refractivity contribution is 0.233. The van der Waals surface area contributed by atoms with Crippen molar-refractivity contribution >= 4 is 17.9 Å². The minimum atomic E-state index is 0.448. The molecule has 2 aliphatic heterocycles. The lowest BCUT2D eigenvalue weighted by Crippen LogP contribution is -2.28. The number of ether oxygens (including phenoxy) is 1. The number of para-hydroxylation sites is 2. The molecule has 4 nitrogen and oxygen atoms in total. The van der Waals surface area contributed by atoms with Crippen molar-refractivity contribution in [3.8, 4) is 5.75 Å². The van der Waals surface area contributed by atoms with Crippen LogP contribution < -0.4 is 4.74 Å². The molecule has 0 atom stereocenters. The molecular weight excluding hydrogens is 190 g/mol. The standard InChI is InChI=1S/C11H9N3O/c1-2-5-10-9(4-1)13-11-12-6-3-7-14(11)8-15-10/h1-7H,8H2. The Balaban J connectivity index is 2.09. The first kappa shape index (κ1) is 8.23. The molecule has 0 radical (unpaired) electrons. The number of aliphatic imine (C=N–C) groups is 2. The summed E-state index contributed by atoms with van der Waals surface area (Å²) in [7, 11) is 0. The Morgan fingerprint density at radius 1 is 1.27 bits per heavy atom. The third kappa shape index (κ3) is 1.40. The predicted octanol–water partition coefficient (Wildman–Crippen LogP) is 1.92. The molecule has 1 aromatic carbocycles. The molecule has 0 fully saturated rings. The Hall–Kier alpha value is -2.10. The van der Waals surface area contributed by atoms with Crippen molar-refractivity contribution in [2.24, 2.45) is 9.98 Å². The molecule has 0 amide bonds. The fourth-order valence-corrected chi connectivity index (χ4v) is 1.51. The molecule has 0 unspecified atom stereocenters. The molecule has 0 N–H and O–H groups in total. The number of benzene rings is 1. The highest BCUT2D eigenvalue weighted by Crippen LogP contribution is 2.29. The third-order valence-corrected chi connectivity index (χ3v) is 2.24. The van der Waals surface area contributed by atoms with Crippen molar-refractivity contribution in [3.63, 3.8) is 0 Å². The van der Waals surface area contributed by atoms with Crippen molar-refractivity contribution in [1.82, 2.24) is 4.90 Å². The van der Waals surface area contributed by atoms with E-state index < -0.39 is 0 Å². The Morgan fingerprint density at radius 3 is 3.20 bits per heavy atom. The van der Waals surface area contributed by atoms with E-state index in [0.29, 0.717) is 12.7 Å². The summed E-state index contributed by atoms with van der Waals surface area (Å²) >= 11 is 0. The highest BCUT2D eigenvalue weighted by molar-refractivity contribution is 5.96. The molecule has 0 saturated heterocycles. The summed E-state index contributed by atoms with van der Waals surface area (Å²) in [5.41, 5.74) is 0.822. The van der Waals surface area contributed by atoms with Crippen LogP contribution in [0.15, 0.2) is 46.5 Å². The molecule has 0 bridgehead atoms. The van der Waals surface area contributed by atoms with Crippen LogP contribution >= 0.6 is 0 Å². The maximum Gasteiger partial charge on any atom is 0.232 e. The zero-order chi connectivity index (χ0) is 10.1. The number of guanidine groups is 1. The fourth-order valence-electron chi connectivity index (χ4n) is 1.51. The number of hydrogen-bond donors (Lipinski definition) is 0. The molecule has 3 rings (SSSR count). The van der Waals surface area contributed by atoms with Crippen LogP contribution in [0.25, 0.3) is 0 Å². The fraction of sp³-hybridized carbons (Fsp3) is 0.0909. The second kappa shape index (κ2) is 3.24. The minimum absolute atomic E-state index is 0.448. The Labute approximate surface area is 87.2 Å². The van der Waals surface area contributed by atoms with Crippen molar-refractivity contribution in [2.75, 3.05) is 6.73 Å². The largest absolute Gasteiger partial charge is 0.470 e. The van der Waals surface area contributed by atoms with E-state index in [1.165, 1.54) is 0 Å².